The summed E-state index contributed by atoms with van der Waals surface area (Å²) in [6.45, 7) is 2.07. The van der Waals surface area contributed by atoms with Gasteiger partial charge in [-0.25, -0.2) is 9.18 Å². The van der Waals surface area contributed by atoms with Gasteiger partial charge in [-0.3, -0.25) is 4.79 Å². The average molecular weight is 374 g/mol. The molecule has 0 spiro atoms. The molecule has 1 amide bonds. The molecule has 0 unspecified atom stereocenters. The maximum atomic E-state index is 12.9. The molecular weight excluding hydrogens is 351 g/mol. The fourth-order valence-corrected chi connectivity index (χ4v) is 2.41. The normalized spacial score (nSPS) is 11.5. The van der Waals surface area contributed by atoms with Crippen LogP contribution >= 0.6 is 0 Å². The lowest BCUT2D eigenvalue weighted by atomic mass is 10.1. The van der Waals surface area contributed by atoms with Gasteiger partial charge >= 0.3 is 5.97 Å². The van der Waals surface area contributed by atoms with Crippen LogP contribution in [0.4, 0.5) is 10.1 Å². The highest BCUT2D eigenvalue weighted by Gasteiger charge is 2.20. The van der Waals surface area contributed by atoms with E-state index in [0.29, 0.717) is 25.2 Å². The highest BCUT2D eigenvalue weighted by atomic mass is 19.1. The molecular formula is C20H23FN2O4. The van der Waals surface area contributed by atoms with Crippen molar-refractivity contribution in [1.29, 1.82) is 0 Å². The number of anilines is 1. The lowest BCUT2D eigenvalue weighted by Crippen LogP contribution is -2.37. The first-order valence-corrected chi connectivity index (χ1v) is 8.68. The number of rotatable bonds is 9. The number of carbonyl (C=O) groups excluding carboxylic acids is 2. The zero-order chi connectivity index (χ0) is 19.6. The van der Waals surface area contributed by atoms with E-state index in [1.54, 1.807) is 36.4 Å². The van der Waals surface area contributed by atoms with E-state index in [4.69, 9.17) is 9.84 Å². The second-order valence-electron chi connectivity index (χ2n) is 5.91. The Kier molecular flexibility index (Phi) is 7.76. The van der Waals surface area contributed by atoms with Crippen LogP contribution in [0, 0.1) is 5.82 Å². The maximum absolute atomic E-state index is 12.9. The number of esters is 1. The minimum Gasteiger partial charge on any atom is -0.449 e. The lowest BCUT2D eigenvalue weighted by molar-refractivity contribution is -0.129. The van der Waals surface area contributed by atoms with Crippen LogP contribution in [0.2, 0.25) is 0 Å². The van der Waals surface area contributed by atoms with Crippen LogP contribution in [0.25, 0.3) is 0 Å². The second kappa shape index (κ2) is 10.3. The summed E-state index contributed by atoms with van der Waals surface area (Å²) in [4.78, 5) is 24.4. The van der Waals surface area contributed by atoms with Crippen LogP contribution in [-0.2, 0) is 16.0 Å². The van der Waals surface area contributed by atoms with E-state index in [0.717, 1.165) is 5.56 Å². The Labute approximate surface area is 157 Å². The van der Waals surface area contributed by atoms with Gasteiger partial charge < -0.3 is 20.5 Å². The van der Waals surface area contributed by atoms with Gasteiger partial charge in [0.2, 0.25) is 0 Å². The highest BCUT2D eigenvalue weighted by molar-refractivity contribution is 5.97. The van der Waals surface area contributed by atoms with Crippen molar-refractivity contribution in [2.24, 2.45) is 0 Å². The molecule has 0 fully saturated rings. The second-order valence-corrected chi connectivity index (χ2v) is 5.91. The number of ether oxygens (including phenoxy) is 1. The fraction of sp³-hybridized carbons (Fsp3) is 0.300. The van der Waals surface area contributed by atoms with Crippen molar-refractivity contribution >= 4 is 17.6 Å². The summed E-state index contributed by atoms with van der Waals surface area (Å²) in [5, 5.41) is 14.5. The number of aliphatic hydroxyl groups excluding tert-OH is 1. The molecule has 0 saturated carbocycles. The van der Waals surface area contributed by atoms with Crippen molar-refractivity contribution in [2.45, 2.75) is 19.4 Å². The van der Waals surface area contributed by atoms with E-state index in [-0.39, 0.29) is 18.0 Å². The van der Waals surface area contributed by atoms with Crippen LogP contribution in [-0.4, -0.2) is 42.8 Å². The molecule has 0 bridgehead atoms. The number of carbonyl (C=O) groups is 2. The Morgan fingerprint density at radius 3 is 2.52 bits per heavy atom. The van der Waals surface area contributed by atoms with Crippen molar-refractivity contribution in [2.75, 3.05) is 25.0 Å². The largest absolute Gasteiger partial charge is 0.449 e. The summed E-state index contributed by atoms with van der Waals surface area (Å²) < 4.78 is 18.1. The average Bonchev–Trinajstić information content (AvgIpc) is 2.67. The summed E-state index contributed by atoms with van der Waals surface area (Å²) in [7, 11) is 0. The SMILES string of the molecule is C[C@@H](OC(=O)c1ccccc1NCCO)C(=O)NCCc1ccc(F)cc1. The molecule has 0 heterocycles. The molecule has 1 atom stereocenters. The van der Waals surface area contributed by atoms with Gasteiger partial charge in [0.1, 0.15) is 5.82 Å². The maximum Gasteiger partial charge on any atom is 0.341 e. The third-order valence-electron chi connectivity index (χ3n) is 3.85. The first-order valence-electron chi connectivity index (χ1n) is 8.68. The van der Waals surface area contributed by atoms with Gasteiger partial charge in [0, 0.05) is 18.8 Å². The molecule has 0 radical (unpaired) electrons. The van der Waals surface area contributed by atoms with Gasteiger partial charge in [-0.05, 0) is 43.2 Å². The van der Waals surface area contributed by atoms with Crippen molar-refractivity contribution < 1.29 is 23.8 Å². The molecule has 0 aromatic heterocycles. The molecule has 27 heavy (non-hydrogen) atoms. The van der Waals surface area contributed by atoms with Gasteiger partial charge in [-0.15, -0.1) is 0 Å². The number of hydrogen-bond donors (Lipinski definition) is 3. The van der Waals surface area contributed by atoms with Crippen molar-refractivity contribution in [3.05, 3.63) is 65.5 Å². The molecule has 2 aromatic rings. The predicted octanol–water partition coefficient (Wildman–Crippen LogP) is 2.13. The summed E-state index contributed by atoms with van der Waals surface area (Å²) in [6.07, 6.45) is -0.419. The van der Waals surface area contributed by atoms with E-state index >= 15 is 0 Å². The molecule has 2 rings (SSSR count). The van der Waals surface area contributed by atoms with Crippen LogP contribution < -0.4 is 10.6 Å². The van der Waals surface area contributed by atoms with Crippen LogP contribution in [0.3, 0.4) is 0 Å². The Hall–Kier alpha value is -2.93. The molecule has 0 aliphatic rings. The molecule has 2 aromatic carbocycles. The van der Waals surface area contributed by atoms with Gasteiger partial charge in [0.25, 0.3) is 5.91 Å². The van der Waals surface area contributed by atoms with Crippen molar-refractivity contribution in [1.82, 2.24) is 5.32 Å². The lowest BCUT2D eigenvalue weighted by Gasteiger charge is -2.15. The Morgan fingerprint density at radius 2 is 1.81 bits per heavy atom. The molecule has 0 saturated heterocycles. The van der Waals surface area contributed by atoms with Crippen LogP contribution in [0.15, 0.2) is 48.5 Å². The third kappa shape index (κ3) is 6.38. The number of hydrogen-bond acceptors (Lipinski definition) is 5. The molecule has 0 aliphatic carbocycles. The topological polar surface area (TPSA) is 87.7 Å². The molecule has 7 heteroatoms. The van der Waals surface area contributed by atoms with Gasteiger partial charge in [0.15, 0.2) is 6.10 Å². The molecule has 3 N–H and O–H groups in total. The number of amides is 1. The number of aliphatic hydroxyl groups is 1. The monoisotopic (exact) mass is 374 g/mol. The Bertz CT molecular complexity index is 765. The summed E-state index contributed by atoms with van der Waals surface area (Å²) in [5.41, 5.74) is 1.71. The zero-order valence-electron chi connectivity index (χ0n) is 15.1. The van der Waals surface area contributed by atoms with Crippen molar-refractivity contribution in [3.8, 4) is 0 Å². The van der Waals surface area contributed by atoms with Crippen LogP contribution in [0.5, 0.6) is 0 Å². The Balaban J connectivity index is 1.84. The van der Waals surface area contributed by atoms with E-state index in [1.165, 1.54) is 19.1 Å². The van der Waals surface area contributed by atoms with Crippen LogP contribution in [0.1, 0.15) is 22.8 Å². The zero-order valence-corrected chi connectivity index (χ0v) is 15.1. The van der Waals surface area contributed by atoms with E-state index < -0.39 is 18.0 Å². The molecule has 6 nitrogen and oxygen atoms in total. The molecule has 144 valence electrons. The van der Waals surface area contributed by atoms with Gasteiger partial charge in [-0.2, -0.15) is 0 Å². The van der Waals surface area contributed by atoms with Gasteiger partial charge in [-0.1, -0.05) is 24.3 Å². The smallest absolute Gasteiger partial charge is 0.341 e. The number of benzene rings is 2. The fourth-order valence-electron chi connectivity index (χ4n) is 2.41. The number of nitrogens with one attached hydrogen (secondary N) is 2. The van der Waals surface area contributed by atoms with E-state index in [9.17, 15) is 14.0 Å². The quantitative estimate of drug-likeness (QED) is 0.586. The summed E-state index contributed by atoms with van der Waals surface area (Å²) >= 11 is 0. The first-order chi connectivity index (χ1) is 13.0. The predicted molar refractivity (Wildman–Crippen MR) is 100 cm³/mol. The number of halogens is 1. The standard InChI is InChI=1S/C20H23FN2O4/c1-14(19(25)23-11-10-15-6-8-16(21)9-7-15)27-20(26)17-4-2-3-5-18(17)22-12-13-24/h2-9,14,22,24H,10-13H2,1H3,(H,23,25)/t14-/m1/s1. The van der Waals surface area contributed by atoms with Gasteiger partial charge in [0.05, 0.1) is 12.2 Å². The van der Waals surface area contributed by atoms with Crippen molar-refractivity contribution in [3.63, 3.8) is 0 Å². The third-order valence-corrected chi connectivity index (χ3v) is 3.85. The van der Waals surface area contributed by atoms with E-state index in [1.807, 2.05) is 0 Å². The highest BCUT2D eigenvalue weighted by Crippen LogP contribution is 2.16. The number of para-hydroxylation sites is 1. The first kappa shape index (κ1) is 20.4. The minimum absolute atomic E-state index is 0.0732. The Morgan fingerprint density at radius 1 is 1.11 bits per heavy atom. The molecule has 0 aliphatic heterocycles. The minimum atomic E-state index is -0.961. The summed E-state index contributed by atoms with van der Waals surface area (Å²) in [6, 6.07) is 12.8. The van der Waals surface area contributed by atoms with E-state index in [2.05, 4.69) is 10.6 Å². The summed E-state index contributed by atoms with van der Waals surface area (Å²) in [5.74, 6) is -1.35.